The number of halogens is 2. The Kier molecular flexibility index (Phi) is 7.26. The average Bonchev–Trinajstić information content (AvgIpc) is 2.62. The Morgan fingerprint density at radius 2 is 1.77 bits per heavy atom. The summed E-state index contributed by atoms with van der Waals surface area (Å²) in [6.07, 6.45) is 0. The van der Waals surface area contributed by atoms with Crippen LogP contribution in [-0.4, -0.2) is 23.9 Å². The highest BCUT2D eigenvalue weighted by Crippen LogP contribution is 2.34. The van der Waals surface area contributed by atoms with Gasteiger partial charge in [0.25, 0.3) is 0 Å². The zero-order chi connectivity index (χ0) is 19.2. The second kappa shape index (κ2) is 9.21. The topological polar surface area (TPSA) is 50.7 Å². The summed E-state index contributed by atoms with van der Waals surface area (Å²) in [6.45, 7) is 6.99. The van der Waals surface area contributed by atoms with E-state index in [-0.39, 0.29) is 19.0 Å². The molecule has 0 aliphatic carbocycles. The third kappa shape index (κ3) is 5.87. The highest BCUT2D eigenvalue weighted by molar-refractivity contribution is 6.31. The van der Waals surface area contributed by atoms with Crippen molar-refractivity contribution >= 4 is 11.6 Å². The predicted octanol–water partition coefficient (Wildman–Crippen LogP) is 4.32. The summed E-state index contributed by atoms with van der Waals surface area (Å²) in [5.41, 5.74) is 1.29. The fraction of sp³-hybridized carbons (Fsp3) is 0.400. The standard InChI is InChI=1S/C20H25ClFNO3/c1-4-25-18-9-15(11-23-20(2,3)13-24)17(21)10-19(18)26-12-14-5-7-16(22)8-6-14/h5-10,23-24H,4,11-13H2,1-3H3. The lowest BCUT2D eigenvalue weighted by molar-refractivity contribution is 0.187. The smallest absolute Gasteiger partial charge is 0.163 e. The van der Waals surface area contributed by atoms with Gasteiger partial charge in [0.1, 0.15) is 12.4 Å². The third-order valence-electron chi connectivity index (χ3n) is 3.87. The molecule has 2 aromatic rings. The molecule has 0 aliphatic heterocycles. The molecule has 4 nitrogen and oxygen atoms in total. The highest BCUT2D eigenvalue weighted by Gasteiger charge is 2.17. The average molecular weight is 382 g/mol. The predicted molar refractivity (Wildman–Crippen MR) is 101 cm³/mol. The second-order valence-electron chi connectivity index (χ2n) is 6.63. The number of aliphatic hydroxyl groups is 1. The van der Waals surface area contributed by atoms with Crippen molar-refractivity contribution < 1.29 is 19.0 Å². The van der Waals surface area contributed by atoms with E-state index in [9.17, 15) is 9.50 Å². The van der Waals surface area contributed by atoms with Gasteiger partial charge in [0, 0.05) is 23.2 Å². The van der Waals surface area contributed by atoms with Crippen molar-refractivity contribution in [3.8, 4) is 11.5 Å². The molecule has 26 heavy (non-hydrogen) atoms. The van der Waals surface area contributed by atoms with Crippen LogP contribution in [0.1, 0.15) is 31.9 Å². The van der Waals surface area contributed by atoms with Gasteiger partial charge in [0.15, 0.2) is 11.5 Å². The first-order chi connectivity index (χ1) is 12.3. The maximum atomic E-state index is 13.0. The molecule has 2 N–H and O–H groups in total. The van der Waals surface area contributed by atoms with Gasteiger partial charge in [0.2, 0.25) is 0 Å². The number of rotatable bonds is 9. The van der Waals surface area contributed by atoms with Crippen molar-refractivity contribution in [2.75, 3.05) is 13.2 Å². The van der Waals surface area contributed by atoms with Crippen molar-refractivity contribution in [3.63, 3.8) is 0 Å². The zero-order valence-electron chi connectivity index (χ0n) is 15.3. The van der Waals surface area contributed by atoms with E-state index in [1.807, 2.05) is 26.8 Å². The molecule has 0 aliphatic rings. The fourth-order valence-corrected chi connectivity index (χ4v) is 2.45. The highest BCUT2D eigenvalue weighted by atomic mass is 35.5. The molecule has 0 bridgehead atoms. The summed E-state index contributed by atoms with van der Waals surface area (Å²) in [7, 11) is 0. The van der Waals surface area contributed by atoms with E-state index in [2.05, 4.69) is 5.32 Å². The van der Waals surface area contributed by atoms with Crippen LogP contribution in [0.5, 0.6) is 11.5 Å². The molecule has 0 saturated heterocycles. The van der Waals surface area contributed by atoms with Crippen LogP contribution in [0.25, 0.3) is 0 Å². The Hall–Kier alpha value is -1.82. The number of benzene rings is 2. The first-order valence-electron chi connectivity index (χ1n) is 8.53. The van der Waals surface area contributed by atoms with E-state index in [4.69, 9.17) is 21.1 Å². The maximum Gasteiger partial charge on any atom is 0.163 e. The SMILES string of the molecule is CCOc1cc(CNC(C)(C)CO)c(Cl)cc1OCc1ccc(F)cc1. The van der Waals surface area contributed by atoms with Crippen LogP contribution in [0.2, 0.25) is 5.02 Å². The van der Waals surface area contributed by atoms with E-state index in [1.54, 1.807) is 18.2 Å². The minimum absolute atomic E-state index is 0.0157. The van der Waals surface area contributed by atoms with Gasteiger partial charge < -0.3 is 19.9 Å². The molecular formula is C20H25ClFNO3. The lowest BCUT2D eigenvalue weighted by atomic mass is 10.1. The third-order valence-corrected chi connectivity index (χ3v) is 4.22. The quantitative estimate of drug-likeness (QED) is 0.679. The Balaban J connectivity index is 2.15. The monoisotopic (exact) mass is 381 g/mol. The van der Waals surface area contributed by atoms with Crippen molar-refractivity contribution in [1.29, 1.82) is 0 Å². The molecule has 2 rings (SSSR count). The number of ether oxygens (including phenoxy) is 2. The summed E-state index contributed by atoms with van der Waals surface area (Å²) < 4.78 is 24.5. The maximum absolute atomic E-state index is 13.0. The Bertz CT molecular complexity index is 720. The van der Waals surface area contributed by atoms with Crippen LogP contribution < -0.4 is 14.8 Å². The van der Waals surface area contributed by atoms with Crippen LogP contribution in [0.4, 0.5) is 4.39 Å². The van der Waals surface area contributed by atoms with Crippen LogP contribution in [-0.2, 0) is 13.2 Å². The van der Waals surface area contributed by atoms with Crippen molar-refractivity contribution in [2.24, 2.45) is 0 Å². The summed E-state index contributed by atoms with van der Waals surface area (Å²) >= 11 is 6.39. The second-order valence-corrected chi connectivity index (χ2v) is 7.04. The van der Waals surface area contributed by atoms with E-state index in [1.165, 1.54) is 12.1 Å². The van der Waals surface area contributed by atoms with Crippen molar-refractivity contribution in [1.82, 2.24) is 5.32 Å². The number of hydrogen-bond acceptors (Lipinski definition) is 4. The van der Waals surface area contributed by atoms with Crippen molar-refractivity contribution in [2.45, 2.75) is 39.5 Å². The molecule has 2 aromatic carbocycles. The largest absolute Gasteiger partial charge is 0.490 e. The molecule has 0 radical (unpaired) electrons. The first-order valence-corrected chi connectivity index (χ1v) is 8.91. The van der Waals surface area contributed by atoms with Gasteiger partial charge in [-0.1, -0.05) is 23.7 Å². The lowest BCUT2D eigenvalue weighted by Gasteiger charge is -2.24. The molecule has 6 heteroatoms. The summed E-state index contributed by atoms with van der Waals surface area (Å²) in [4.78, 5) is 0. The molecule has 0 saturated carbocycles. The van der Waals surface area contributed by atoms with E-state index in [0.29, 0.717) is 29.7 Å². The first kappa shape index (κ1) is 20.5. The van der Waals surface area contributed by atoms with Crippen LogP contribution in [0.15, 0.2) is 36.4 Å². The van der Waals surface area contributed by atoms with Crippen LogP contribution >= 0.6 is 11.6 Å². The van der Waals surface area contributed by atoms with Crippen LogP contribution in [0, 0.1) is 5.82 Å². The molecular weight excluding hydrogens is 357 g/mol. The van der Waals surface area contributed by atoms with Crippen molar-refractivity contribution in [3.05, 3.63) is 58.4 Å². The molecule has 0 atom stereocenters. The minimum atomic E-state index is -0.410. The molecule has 142 valence electrons. The van der Waals surface area contributed by atoms with Gasteiger partial charge in [-0.25, -0.2) is 4.39 Å². The van der Waals surface area contributed by atoms with E-state index in [0.717, 1.165) is 11.1 Å². The molecule has 0 fully saturated rings. The Morgan fingerprint density at radius 1 is 1.12 bits per heavy atom. The number of nitrogens with one attached hydrogen (secondary N) is 1. The van der Waals surface area contributed by atoms with E-state index < -0.39 is 5.54 Å². The minimum Gasteiger partial charge on any atom is -0.490 e. The summed E-state index contributed by atoms with van der Waals surface area (Å²) in [6, 6.07) is 9.70. The van der Waals surface area contributed by atoms with Gasteiger partial charge >= 0.3 is 0 Å². The van der Waals surface area contributed by atoms with Gasteiger partial charge in [-0.2, -0.15) is 0 Å². The van der Waals surface area contributed by atoms with Gasteiger partial charge in [-0.05, 0) is 50.1 Å². The zero-order valence-corrected chi connectivity index (χ0v) is 16.1. The Morgan fingerprint density at radius 3 is 2.38 bits per heavy atom. The van der Waals surface area contributed by atoms with Crippen LogP contribution in [0.3, 0.4) is 0 Å². The van der Waals surface area contributed by atoms with Gasteiger partial charge in [-0.3, -0.25) is 0 Å². The van der Waals surface area contributed by atoms with E-state index >= 15 is 0 Å². The molecule has 0 unspecified atom stereocenters. The normalized spacial score (nSPS) is 11.5. The number of hydrogen-bond donors (Lipinski definition) is 2. The summed E-state index contributed by atoms with van der Waals surface area (Å²) in [5.74, 6) is 0.846. The fourth-order valence-electron chi connectivity index (χ4n) is 2.23. The Labute approximate surface area is 158 Å². The molecule has 0 heterocycles. The lowest BCUT2D eigenvalue weighted by Crippen LogP contribution is -2.42. The van der Waals surface area contributed by atoms with Gasteiger partial charge in [-0.15, -0.1) is 0 Å². The number of aliphatic hydroxyl groups excluding tert-OH is 1. The molecule has 0 spiro atoms. The molecule has 0 amide bonds. The van der Waals surface area contributed by atoms with Gasteiger partial charge in [0.05, 0.1) is 13.2 Å². The summed E-state index contributed by atoms with van der Waals surface area (Å²) in [5, 5.41) is 13.2. The molecule has 0 aromatic heterocycles.